The smallest absolute Gasteiger partial charge is 0.191 e. The molecule has 0 spiro atoms. The van der Waals surface area contributed by atoms with Gasteiger partial charge in [-0.2, -0.15) is 0 Å². The van der Waals surface area contributed by atoms with Crippen LogP contribution in [0.5, 0.6) is 0 Å². The molecule has 0 aromatic rings. The van der Waals surface area contributed by atoms with Gasteiger partial charge in [-0.05, 0) is 37.0 Å². The van der Waals surface area contributed by atoms with E-state index in [1.54, 1.807) is 0 Å². The SMILES string of the molecule is C1CNC(NCC2(C3CC3)CC2)=N1. The Morgan fingerprint density at radius 1 is 1.46 bits per heavy atom. The van der Waals surface area contributed by atoms with Gasteiger partial charge in [-0.25, -0.2) is 0 Å². The number of aliphatic imine (C=N–C) groups is 1. The Morgan fingerprint density at radius 2 is 2.31 bits per heavy atom. The van der Waals surface area contributed by atoms with E-state index in [1.807, 2.05) is 0 Å². The highest BCUT2D eigenvalue weighted by atomic mass is 15.2. The van der Waals surface area contributed by atoms with Crippen molar-refractivity contribution >= 4 is 5.96 Å². The second-order valence-electron chi connectivity index (χ2n) is 4.65. The lowest BCUT2D eigenvalue weighted by molar-refractivity contribution is 0.432. The van der Waals surface area contributed by atoms with Crippen LogP contribution < -0.4 is 10.6 Å². The molecule has 3 rings (SSSR count). The number of guanidine groups is 1. The summed E-state index contributed by atoms with van der Waals surface area (Å²) in [5.74, 6) is 2.08. The first-order valence-electron chi connectivity index (χ1n) is 5.41. The fourth-order valence-corrected chi connectivity index (χ4v) is 2.36. The van der Waals surface area contributed by atoms with Crippen LogP contribution in [0.3, 0.4) is 0 Å². The molecule has 0 bridgehead atoms. The van der Waals surface area contributed by atoms with E-state index in [0.717, 1.165) is 31.5 Å². The molecule has 1 aliphatic heterocycles. The molecule has 2 N–H and O–H groups in total. The van der Waals surface area contributed by atoms with Crippen molar-refractivity contribution < 1.29 is 0 Å². The summed E-state index contributed by atoms with van der Waals surface area (Å²) in [6.07, 6.45) is 5.83. The lowest BCUT2D eigenvalue weighted by Gasteiger charge is -2.15. The minimum absolute atomic E-state index is 0.687. The van der Waals surface area contributed by atoms with Crippen LogP contribution in [-0.2, 0) is 0 Å². The van der Waals surface area contributed by atoms with Crippen molar-refractivity contribution in [1.82, 2.24) is 10.6 Å². The van der Waals surface area contributed by atoms with Gasteiger partial charge in [0.05, 0.1) is 6.54 Å². The van der Waals surface area contributed by atoms with Gasteiger partial charge in [-0.15, -0.1) is 0 Å². The Kier molecular flexibility index (Phi) is 1.55. The van der Waals surface area contributed by atoms with Crippen LogP contribution in [0, 0.1) is 11.3 Å². The fraction of sp³-hybridized carbons (Fsp3) is 0.900. The minimum Gasteiger partial charge on any atom is -0.356 e. The van der Waals surface area contributed by atoms with Gasteiger partial charge in [-0.3, -0.25) is 4.99 Å². The minimum atomic E-state index is 0.687. The highest BCUT2D eigenvalue weighted by Crippen LogP contribution is 2.60. The van der Waals surface area contributed by atoms with E-state index in [-0.39, 0.29) is 0 Å². The molecular formula is C10H17N3. The molecule has 3 aliphatic rings. The molecule has 0 radical (unpaired) electrons. The maximum Gasteiger partial charge on any atom is 0.191 e. The van der Waals surface area contributed by atoms with Gasteiger partial charge >= 0.3 is 0 Å². The molecule has 2 saturated carbocycles. The van der Waals surface area contributed by atoms with Crippen LogP contribution in [0.4, 0.5) is 0 Å². The zero-order valence-corrected chi connectivity index (χ0v) is 7.97. The molecule has 0 amide bonds. The summed E-state index contributed by atoms with van der Waals surface area (Å²) in [6, 6.07) is 0. The second kappa shape index (κ2) is 2.63. The first-order chi connectivity index (χ1) is 6.39. The van der Waals surface area contributed by atoms with Crippen molar-refractivity contribution in [3.8, 4) is 0 Å². The molecule has 3 heteroatoms. The molecule has 0 saturated heterocycles. The normalized spacial score (nSPS) is 29.4. The van der Waals surface area contributed by atoms with E-state index < -0.39 is 0 Å². The van der Waals surface area contributed by atoms with E-state index >= 15 is 0 Å². The average Bonchev–Trinajstić information content (AvgIpc) is 3.02. The van der Waals surface area contributed by atoms with Crippen LogP contribution in [0.2, 0.25) is 0 Å². The Labute approximate surface area is 79.0 Å². The molecule has 0 unspecified atom stereocenters. The van der Waals surface area contributed by atoms with E-state index in [2.05, 4.69) is 15.6 Å². The zero-order chi connectivity index (χ0) is 8.73. The first kappa shape index (κ1) is 7.65. The fourth-order valence-electron chi connectivity index (χ4n) is 2.36. The summed E-state index contributed by atoms with van der Waals surface area (Å²) in [5.41, 5.74) is 0.687. The number of hydrogen-bond donors (Lipinski definition) is 2. The van der Waals surface area contributed by atoms with Crippen molar-refractivity contribution in [3.63, 3.8) is 0 Å². The average molecular weight is 179 g/mol. The molecule has 3 nitrogen and oxygen atoms in total. The van der Waals surface area contributed by atoms with E-state index in [4.69, 9.17) is 0 Å². The molecule has 72 valence electrons. The lowest BCUT2D eigenvalue weighted by Crippen LogP contribution is -2.38. The van der Waals surface area contributed by atoms with Crippen LogP contribution >= 0.6 is 0 Å². The van der Waals surface area contributed by atoms with Gasteiger partial charge < -0.3 is 10.6 Å². The van der Waals surface area contributed by atoms with Gasteiger partial charge in [0, 0.05) is 13.1 Å². The predicted molar refractivity (Wildman–Crippen MR) is 52.7 cm³/mol. The molecule has 0 aromatic carbocycles. The molecule has 0 atom stereocenters. The maximum atomic E-state index is 4.34. The summed E-state index contributed by atoms with van der Waals surface area (Å²) in [6.45, 7) is 3.11. The monoisotopic (exact) mass is 179 g/mol. The number of nitrogens with one attached hydrogen (secondary N) is 2. The number of rotatable bonds is 3. The lowest BCUT2D eigenvalue weighted by atomic mass is 10.0. The van der Waals surface area contributed by atoms with Crippen molar-refractivity contribution in [3.05, 3.63) is 0 Å². The third-order valence-electron chi connectivity index (χ3n) is 3.62. The predicted octanol–water partition coefficient (Wildman–Crippen LogP) is 0.725. The van der Waals surface area contributed by atoms with Crippen molar-refractivity contribution in [1.29, 1.82) is 0 Å². The number of nitrogens with zero attached hydrogens (tertiary/aromatic N) is 1. The molecular weight excluding hydrogens is 162 g/mol. The Balaban J connectivity index is 1.52. The molecule has 2 fully saturated rings. The van der Waals surface area contributed by atoms with Crippen molar-refractivity contribution in [2.45, 2.75) is 25.7 Å². The van der Waals surface area contributed by atoms with Crippen molar-refractivity contribution in [2.75, 3.05) is 19.6 Å². The quantitative estimate of drug-likeness (QED) is 0.670. The van der Waals surface area contributed by atoms with Crippen LogP contribution in [0.15, 0.2) is 4.99 Å². The van der Waals surface area contributed by atoms with Crippen LogP contribution in [0.1, 0.15) is 25.7 Å². The standard InChI is InChI=1S/C10H17N3/c1-2-8(1)10(3-4-10)7-13-9-11-5-6-12-9/h8H,1-7H2,(H2,11,12,13). The van der Waals surface area contributed by atoms with Crippen LogP contribution in [-0.4, -0.2) is 25.6 Å². The zero-order valence-electron chi connectivity index (χ0n) is 7.97. The van der Waals surface area contributed by atoms with E-state index in [9.17, 15) is 0 Å². The molecule has 1 heterocycles. The summed E-state index contributed by atoms with van der Waals surface area (Å²) in [4.78, 5) is 4.34. The van der Waals surface area contributed by atoms with Crippen LogP contribution in [0.25, 0.3) is 0 Å². The largest absolute Gasteiger partial charge is 0.356 e. The molecule has 0 aromatic heterocycles. The highest BCUT2D eigenvalue weighted by Gasteiger charge is 2.53. The van der Waals surface area contributed by atoms with Crippen molar-refractivity contribution in [2.24, 2.45) is 16.3 Å². The Bertz CT molecular complexity index is 239. The van der Waals surface area contributed by atoms with Gasteiger partial charge in [0.15, 0.2) is 5.96 Å². The molecule has 13 heavy (non-hydrogen) atoms. The topological polar surface area (TPSA) is 36.4 Å². The van der Waals surface area contributed by atoms with Gasteiger partial charge in [0.1, 0.15) is 0 Å². The van der Waals surface area contributed by atoms with E-state index in [0.29, 0.717) is 5.41 Å². The van der Waals surface area contributed by atoms with Gasteiger partial charge in [0.25, 0.3) is 0 Å². The third-order valence-corrected chi connectivity index (χ3v) is 3.62. The summed E-state index contributed by atoms with van der Waals surface area (Å²) in [5, 5.41) is 6.70. The first-order valence-corrected chi connectivity index (χ1v) is 5.41. The second-order valence-corrected chi connectivity index (χ2v) is 4.65. The van der Waals surface area contributed by atoms with E-state index in [1.165, 1.54) is 25.7 Å². The van der Waals surface area contributed by atoms with Gasteiger partial charge in [0.2, 0.25) is 0 Å². The third kappa shape index (κ3) is 1.40. The summed E-state index contributed by atoms with van der Waals surface area (Å²) >= 11 is 0. The highest BCUT2D eigenvalue weighted by molar-refractivity contribution is 5.81. The summed E-state index contributed by atoms with van der Waals surface area (Å²) < 4.78 is 0. The summed E-state index contributed by atoms with van der Waals surface area (Å²) in [7, 11) is 0. The Hall–Kier alpha value is -0.730. The maximum absolute atomic E-state index is 4.34. The molecule has 2 aliphatic carbocycles. The Morgan fingerprint density at radius 3 is 2.85 bits per heavy atom. The number of hydrogen-bond acceptors (Lipinski definition) is 3. The van der Waals surface area contributed by atoms with Gasteiger partial charge in [-0.1, -0.05) is 0 Å².